The topological polar surface area (TPSA) is 126 Å². The lowest BCUT2D eigenvalue weighted by molar-refractivity contribution is -0.138. The first-order valence-electron chi connectivity index (χ1n) is 7.94. The molecule has 0 unspecified atom stereocenters. The molecule has 0 atom stereocenters. The number of hydrogen-bond acceptors (Lipinski definition) is 7. The Labute approximate surface area is 161 Å². The summed E-state index contributed by atoms with van der Waals surface area (Å²) in [4.78, 5) is 30.4. The van der Waals surface area contributed by atoms with E-state index in [1.54, 1.807) is 13.0 Å². The average molecular weight is 382 g/mol. The van der Waals surface area contributed by atoms with E-state index in [9.17, 15) is 14.4 Å². The number of ether oxygens (including phenoxy) is 2. The van der Waals surface area contributed by atoms with E-state index in [0.717, 1.165) is 25.0 Å². The Hall–Kier alpha value is -3.18. The summed E-state index contributed by atoms with van der Waals surface area (Å²) in [6.45, 7) is 17.1. The van der Waals surface area contributed by atoms with Crippen LogP contribution in [0.4, 0.5) is 0 Å². The van der Waals surface area contributed by atoms with Gasteiger partial charge in [-0.25, -0.2) is 9.59 Å². The smallest absolute Gasteiger partial charge is 0.330 e. The molecule has 2 N–H and O–H groups in total. The Balaban J connectivity index is -0.000000135. The largest absolute Gasteiger partial charge is 0.463 e. The number of carbonyl (C=O) groups is 3. The fourth-order valence-corrected chi connectivity index (χ4v) is 0.727. The Morgan fingerprint density at radius 3 is 1.74 bits per heavy atom. The van der Waals surface area contributed by atoms with Crippen molar-refractivity contribution < 1.29 is 29.0 Å². The molecular weight excluding hydrogens is 352 g/mol. The van der Waals surface area contributed by atoms with Crippen LogP contribution >= 0.6 is 0 Å². The summed E-state index contributed by atoms with van der Waals surface area (Å²) in [5.74, 6) is -1.05. The van der Waals surface area contributed by atoms with Gasteiger partial charge in [0.15, 0.2) is 0 Å². The van der Waals surface area contributed by atoms with Gasteiger partial charge >= 0.3 is 11.9 Å². The zero-order valence-electron chi connectivity index (χ0n) is 16.1. The van der Waals surface area contributed by atoms with Crippen molar-refractivity contribution in [2.45, 2.75) is 26.7 Å². The Kier molecular flexibility index (Phi) is 35.9. The van der Waals surface area contributed by atoms with E-state index in [2.05, 4.69) is 41.1 Å². The van der Waals surface area contributed by atoms with Gasteiger partial charge in [-0.3, -0.25) is 4.79 Å². The van der Waals surface area contributed by atoms with Crippen LogP contribution in [0.1, 0.15) is 26.7 Å². The molecule has 0 aliphatic rings. The number of unbranched alkanes of at least 4 members (excludes halogenated alkanes) is 1. The van der Waals surface area contributed by atoms with E-state index in [-0.39, 0.29) is 24.6 Å². The standard InChI is InChI=1S/C7H12O2.C5H8O2.C4H7NO2.C3H3N/c1-3-5-6-9-7(8)4-2;1-3-5(6)7-4-2;1-2-4(7)5-3-6;1-2-3-4/h4H,2-3,5-6H2,1H3;3H,1,4H2,2H3;2,6H,1,3H2,(H,5,7);2H,1H2. The molecule has 27 heavy (non-hydrogen) atoms. The molecule has 0 fully saturated rings. The van der Waals surface area contributed by atoms with Gasteiger partial charge in [0, 0.05) is 18.2 Å². The molecule has 0 aromatic carbocycles. The fraction of sp³-hybridized carbons (Fsp3) is 0.368. The van der Waals surface area contributed by atoms with Crippen molar-refractivity contribution in [2.75, 3.05) is 19.9 Å². The second-order valence-electron chi connectivity index (χ2n) is 3.92. The number of aliphatic hydroxyl groups is 1. The lowest BCUT2D eigenvalue weighted by Crippen LogP contribution is -2.20. The van der Waals surface area contributed by atoms with Crippen molar-refractivity contribution in [3.05, 3.63) is 50.6 Å². The van der Waals surface area contributed by atoms with E-state index in [1.165, 1.54) is 12.2 Å². The van der Waals surface area contributed by atoms with Gasteiger partial charge in [0.25, 0.3) is 0 Å². The number of rotatable bonds is 8. The first kappa shape index (κ1) is 31.6. The summed E-state index contributed by atoms with van der Waals surface area (Å²) >= 11 is 0. The van der Waals surface area contributed by atoms with Crippen molar-refractivity contribution in [1.82, 2.24) is 5.32 Å². The maximum absolute atomic E-state index is 10.3. The molecule has 0 bridgehead atoms. The van der Waals surface area contributed by atoms with Gasteiger partial charge in [0.1, 0.15) is 6.73 Å². The molecule has 0 saturated heterocycles. The van der Waals surface area contributed by atoms with Gasteiger partial charge in [0.05, 0.1) is 19.3 Å². The molecule has 0 aliphatic heterocycles. The number of allylic oxidation sites excluding steroid dienone is 1. The summed E-state index contributed by atoms with van der Waals surface area (Å²) in [5, 5.41) is 17.6. The van der Waals surface area contributed by atoms with Gasteiger partial charge in [-0.05, 0) is 19.4 Å². The molecule has 0 spiro atoms. The second-order valence-corrected chi connectivity index (χ2v) is 3.92. The second kappa shape index (κ2) is 30.7. The zero-order chi connectivity index (χ0) is 21.9. The highest BCUT2D eigenvalue weighted by Crippen LogP contribution is 1.88. The molecule has 0 radical (unpaired) electrons. The monoisotopic (exact) mass is 382 g/mol. The molecule has 152 valence electrons. The van der Waals surface area contributed by atoms with E-state index < -0.39 is 0 Å². The van der Waals surface area contributed by atoms with Gasteiger partial charge in [-0.15, -0.1) is 0 Å². The van der Waals surface area contributed by atoms with E-state index in [1.807, 2.05) is 6.92 Å². The number of nitriles is 1. The molecule has 8 nitrogen and oxygen atoms in total. The Bertz CT molecular complexity index is 459. The number of aliphatic hydroxyl groups excluding tert-OH is 1. The highest BCUT2D eigenvalue weighted by molar-refractivity contribution is 5.86. The third kappa shape index (κ3) is 45.0. The first-order chi connectivity index (χ1) is 12.8. The predicted octanol–water partition coefficient (Wildman–Crippen LogP) is 2.19. The predicted molar refractivity (Wildman–Crippen MR) is 104 cm³/mol. The van der Waals surface area contributed by atoms with Crippen LogP contribution in [0.3, 0.4) is 0 Å². The number of carbonyl (C=O) groups excluding carboxylic acids is 3. The summed E-state index contributed by atoms with van der Waals surface area (Å²) in [6, 6.07) is 1.69. The first-order valence-corrected chi connectivity index (χ1v) is 7.94. The van der Waals surface area contributed by atoms with Crippen LogP contribution in [0.25, 0.3) is 0 Å². The van der Waals surface area contributed by atoms with Crippen molar-refractivity contribution in [2.24, 2.45) is 0 Å². The minimum absolute atomic E-state index is 0.329. The lowest BCUT2D eigenvalue weighted by Gasteiger charge is -1.97. The summed E-state index contributed by atoms with van der Waals surface area (Å²) in [7, 11) is 0. The molecule has 1 amide bonds. The molecule has 8 heteroatoms. The highest BCUT2D eigenvalue weighted by atomic mass is 16.5. The molecule has 0 aliphatic carbocycles. The maximum Gasteiger partial charge on any atom is 0.330 e. The normalized spacial score (nSPS) is 7.33. The molecule has 0 aromatic heterocycles. The van der Waals surface area contributed by atoms with Crippen molar-refractivity contribution >= 4 is 17.8 Å². The minimum Gasteiger partial charge on any atom is -0.463 e. The van der Waals surface area contributed by atoms with E-state index >= 15 is 0 Å². The summed E-state index contributed by atoms with van der Waals surface area (Å²) < 4.78 is 9.11. The third-order valence-corrected chi connectivity index (χ3v) is 1.89. The summed E-state index contributed by atoms with van der Waals surface area (Å²) in [6.07, 6.45) is 6.57. The van der Waals surface area contributed by atoms with Crippen LogP contribution in [0.2, 0.25) is 0 Å². The van der Waals surface area contributed by atoms with Gasteiger partial charge < -0.3 is 19.9 Å². The van der Waals surface area contributed by atoms with Crippen LogP contribution in [-0.2, 0) is 23.9 Å². The SMILES string of the molecule is C=CC#N.C=CC(=O)NCO.C=CC(=O)OCC.C=CC(=O)OCCCC. The fourth-order valence-electron chi connectivity index (χ4n) is 0.727. The van der Waals surface area contributed by atoms with E-state index in [0.29, 0.717) is 13.2 Å². The average Bonchev–Trinajstić information content (AvgIpc) is 2.69. The van der Waals surface area contributed by atoms with Crippen molar-refractivity contribution in [1.29, 1.82) is 5.26 Å². The molecular formula is C19H30N2O6. The van der Waals surface area contributed by atoms with Gasteiger partial charge in [-0.2, -0.15) is 5.26 Å². The van der Waals surface area contributed by atoms with Gasteiger partial charge in [0.2, 0.25) is 5.91 Å². The van der Waals surface area contributed by atoms with Crippen molar-refractivity contribution in [3.8, 4) is 6.07 Å². The number of nitrogens with one attached hydrogen (secondary N) is 1. The summed E-state index contributed by atoms with van der Waals surface area (Å²) in [5.41, 5.74) is 0. The molecule has 0 heterocycles. The maximum atomic E-state index is 10.3. The zero-order valence-corrected chi connectivity index (χ0v) is 16.1. The third-order valence-electron chi connectivity index (χ3n) is 1.89. The number of nitrogens with zero attached hydrogens (tertiary/aromatic N) is 1. The van der Waals surface area contributed by atoms with Gasteiger partial charge in [-0.1, -0.05) is 39.7 Å². The van der Waals surface area contributed by atoms with Crippen LogP contribution in [0.5, 0.6) is 0 Å². The van der Waals surface area contributed by atoms with Crippen LogP contribution in [0.15, 0.2) is 50.6 Å². The van der Waals surface area contributed by atoms with E-state index in [4.69, 9.17) is 10.4 Å². The van der Waals surface area contributed by atoms with Crippen LogP contribution in [-0.4, -0.2) is 42.9 Å². The lowest BCUT2D eigenvalue weighted by atomic mass is 10.4. The molecule has 0 aromatic rings. The van der Waals surface area contributed by atoms with Crippen molar-refractivity contribution in [3.63, 3.8) is 0 Å². The number of amides is 1. The minimum atomic E-state index is -0.359. The Morgan fingerprint density at radius 2 is 1.52 bits per heavy atom. The quantitative estimate of drug-likeness (QED) is 0.217. The van der Waals surface area contributed by atoms with Crippen LogP contribution < -0.4 is 5.32 Å². The molecule has 0 saturated carbocycles. The number of hydrogen-bond donors (Lipinski definition) is 2. The Morgan fingerprint density at radius 1 is 1.04 bits per heavy atom. The highest BCUT2D eigenvalue weighted by Gasteiger charge is 1.91. The number of esters is 2. The molecule has 0 rings (SSSR count). The van der Waals surface area contributed by atoms with Crippen LogP contribution in [0, 0.1) is 11.3 Å².